The van der Waals surface area contributed by atoms with Gasteiger partial charge in [-0.15, -0.1) is 0 Å². The van der Waals surface area contributed by atoms with Crippen molar-refractivity contribution in [3.63, 3.8) is 0 Å². The first-order valence-corrected chi connectivity index (χ1v) is 7.01. The molecule has 0 saturated carbocycles. The number of halogens is 1. The summed E-state index contributed by atoms with van der Waals surface area (Å²) in [5.41, 5.74) is 1.37. The second-order valence-electron chi connectivity index (χ2n) is 4.85. The number of rotatable bonds is 5. The molecule has 0 unspecified atom stereocenters. The lowest BCUT2D eigenvalue weighted by Gasteiger charge is -2.14. The molecule has 0 saturated heterocycles. The third kappa shape index (κ3) is 3.62. The number of aryl methyl sites for hydroxylation is 2. The van der Waals surface area contributed by atoms with Crippen LogP contribution in [0, 0.1) is 13.8 Å². The molecule has 0 fully saturated rings. The summed E-state index contributed by atoms with van der Waals surface area (Å²) in [6.07, 6.45) is 0.0576. The SMILES string of the molecule is COc1cc(NC(=O)Cc2c(C)noc2C)c(Cl)cc1C(=O)[O-]. The van der Waals surface area contributed by atoms with Gasteiger partial charge in [-0.25, -0.2) is 0 Å². The molecular weight excluding hydrogens is 324 g/mol. The number of methoxy groups -OCH3 is 1. The van der Waals surface area contributed by atoms with E-state index in [4.69, 9.17) is 20.9 Å². The summed E-state index contributed by atoms with van der Waals surface area (Å²) < 4.78 is 9.97. The van der Waals surface area contributed by atoms with Crippen molar-refractivity contribution in [3.05, 3.63) is 39.7 Å². The van der Waals surface area contributed by atoms with Crippen LogP contribution < -0.4 is 15.2 Å². The fourth-order valence-electron chi connectivity index (χ4n) is 2.09. The Labute approximate surface area is 137 Å². The molecule has 1 N–H and O–H groups in total. The van der Waals surface area contributed by atoms with Crippen LogP contribution in [-0.2, 0) is 11.2 Å². The van der Waals surface area contributed by atoms with Crippen LogP contribution in [0.4, 0.5) is 5.69 Å². The van der Waals surface area contributed by atoms with Crippen LogP contribution in [-0.4, -0.2) is 24.1 Å². The maximum absolute atomic E-state index is 12.1. The van der Waals surface area contributed by atoms with Gasteiger partial charge in [-0.1, -0.05) is 16.8 Å². The number of nitrogens with zero attached hydrogens (tertiary/aromatic N) is 1. The third-order valence-electron chi connectivity index (χ3n) is 3.30. The van der Waals surface area contributed by atoms with E-state index in [9.17, 15) is 14.7 Å². The Morgan fingerprint density at radius 1 is 1.39 bits per heavy atom. The fraction of sp³-hybridized carbons (Fsp3) is 0.267. The van der Waals surface area contributed by atoms with Crippen molar-refractivity contribution < 1.29 is 24.0 Å². The van der Waals surface area contributed by atoms with Gasteiger partial charge < -0.3 is 24.5 Å². The lowest BCUT2D eigenvalue weighted by molar-refractivity contribution is -0.255. The molecule has 1 amide bonds. The Balaban J connectivity index is 2.23. The van der Waals surface area contributed by atoms with E-state index in [2.05, 4.69) is 10.5 Å². The molecule has 1 heterocycles. The van der Waals surface area contributed by atoms with Gasteiger partial charge in [0.25, 0.3) is 0 Å². The molecule has 23 heavy (non-hydrogen) atoms. The molecule has 0 bridgehead atoms. The lowest BCUT2D eigenvalue weighted by atomic mass is 10.1. The molecule has 8 heteroatoms. The molecule has 0 spiro atoms. The quantitative estimate of drug-likeness (QED) is 0.886. The Kier molecular flexibility index (Phi) is 4.90. The van der Waals surface area contributed by atoms with Crippen LogP contribution in [0.5, 0.6) is 5.75 Å². The van der Waals surface area contributed by atoms with Crippen molar-refractivity contribution in [3.8, 4) is 5.75 Å². The summed E-state index contributed by atoms with van der Waals surface area (Å²) >= 11 is 6.00. The number of ether oxygens (including phenoxy) is 1. The first-order chi connectivity index (χ1) is 10.8. The molecule has 0 radical (unpaired) electrons. The highest BCUT2D eigenvalue weighted by molar-refractivity contribution is 6.34. The van der Waals surface area contributed by atoms with Gasteiger partial charge in [0, 0.05) is 17.2 Å². The van der Waals surface area contributed by atoms with Gasteiger partial charge in [0.1, 0.15) is 11.5 Å². The molecule has 7 nitrogen and oxygen atoms in total. The van der Waals surface area contributed by atoms with E-state index in [0.717, 1.165) is 0 Å². The number of aromatic nitrogens is 1. The second-order valence-corrected chi connectivity index (χ2v) is 5.25. The number of carboxylic acid groups (broad SMARTS) is 1. The number of benzene rings is 1. The highest BCUT2D eigenvalue weighted by atomic mass is 35.5. The number of carboxylic acids is 1. The number of nitrogens with one attached hydrogen (secondary N) is 1. The molecular formula is C15H14ClN2O5-. The zero-order valence-electron chi connectivity index (χ0n) is 12.7. The zero-order chi connectivity index (χ0) is 17.1. The summed E-state index contributed by atoms with van der Waals surface area (Å²) in [5, 5.41) is 17.5. The predicted molar refractivity (Wildman–Crippen MR) is 80.6 cm³/mol. The molecule has 0 aliphatic heterocycles. The smallest absolute Gasteiger partial charge is 0.229 e. The minimum Gasteiger partial charge on any atom is -0.545 e. The number of hydrogen-bond donors (Lipinski definition) is 1. The normalized spacial score (nSPS) is 10.4. The van der Waals surface area contributed by atoms with Crippen molar-refractivity contribution in [1.82, 2.24) is 5.16 Å². The van der Waals surface area contributed by atoms with E-state index >= 15 is 0 Å². The largest absolute Gasteiger partial charge is 0.545 e. The third-order valence-corrected chi connectivity index (χ3v) is 3.61. The molecule has 2 rings (SSSR count). The summed E-state index contributed by atoms with van der Waals surface area (Å²) in [4.78, 5) is 23.1. The topological polar surface area (TPSA) is 104 Å². The average Bonchev–Trinajstić information content (AvgIpc) is 2.80. The molecule has 2 aromatic rings. The lowest BCUT2D eigenvalue weighted by Crippen LogP contribution is -2.23. The highest BCUT2D eigenvalue weighted by Crippen LogP contribution is 2.31. The Morgan fingerprint density at radius 3 is 2.61 bits per heavy atom. The number of hydrogen-bond acceptors (Lipinski definition) is 6. The highest BCUT2D eigenvalue weighted by Gasteiger charge is 2.16. The Morgan fingerprint density at radius 2 is 2.09 bits per heavy atom. The van der Waals surface area contributed by atoms with Crippen LogP contribution in [0.1, 0.15) is 27.4 Å². The summed E-state index contributed by atoms with van der Waals surface area (Å²) in [6, 6.07) is 2.50. The average molecular weight is 338 g/mol. The van der Waals surface area contributed by atoms with Crippen LogP contribution in [0.25, 0.3) is 0 Å². The van der Waals surface area contributed by atoms with Gasteiger partial charge in [-0.05, 0) is 19.9 Å². The summed E-state index contributed by atoms with van der Waals surface area (Å²) in [6.45, 7) is 3.46. The fourth-order valence-corrected chi connectivity index (χ4v) is 2.30. The van der Waals surface area contributed by atoms with Crippen molar-refractivity contribution in [2.24, 2.45) is 0 Å². The van der Waals surface area contributed by atoms with E-state index in [0.29, 0.717) is 17.0 Å². The van der Waals surface area contributed by atoms with Gasteiger partial charge in [-0.2, -0.15) is 0 Å². The molecule has 122 valence electrons. The second kappa shape index (κ2) is 6.70. The van der Waals surface area contributed by atoms with Gasteiger partial charge in [0.15, 0.2) is 0 Å². The number of amides is 1. The number of carbonyl (C=O) groups excluding carboxylic acids is 2. The van der Waals surface area contributed by atoms with Gasteiger partial charge >= 0.3 is 0 Å². The Hall–Kier alpha value is -2.54. The number of anilines is 1. The minimum absolute atomic E-state index is 0.0436. The molecule has 1 aromatic carbocycles. The first-order valence-electron chi connectivity index (χ1n) is 6.64. The maximum Gasteiger partial charge on any atom is 0.229 e. The molecule has 1 aromatic heterocycles. The van der Waals surface area contributed by atoms with Crippen molar-refractivity contribution in [2.75, 3.05) is 12.4 Å². The Bertz CT molecular complexity index is 750. The van der Waals surface area contributed by atoms with E-state index in [1.807, 2.05) is 0 Å². The minimum atomic E-state index is -1.42. The zero-order valence-corrected chi connectivity index (χ0v) is 13.5. The molecule has 0 aliphatic carbocycles. The number of carbonyl (C=O) groups is 2. The maximum atomic E-state index is 12.1. The van der Waals surface area contributed by atoms with Crippen molar-refractivity contribution >= 4 is 29.2 Å². The van der Waals surface area contributed by atoms with E-state index in [1.165, 1.54) is 19.2 Å². The first kappa shape index (κ1) is 16.8. The van der Waals surface area contributed by atoms with E-state index < -0.39 is 5.97 Å². The molecule has 0 atom stereocenters. The van der Waals surface area contributed by atoms with Crippen LogP contribution in [0.3, 0.4) is 0 Å². The van der Waals surface area contributed by atoms with E-state index in [1.54, 1.807) is 13.8 Å². The summed E-state index contributed by atoms with van der Waals surface area (Å²) in [7, 11) is 1.31. The van der Waals surface area contributed by atoms with Gasteiger partial charge in [0.05, 0.1) is 35.9 Å². The van der Waals surface area contributed by atoms with Crippen molar-refractivity contribution in [2.45, 2.75) is 20.3 Å². The van der Waals surface area contributed by atoms with E-state index in [-0.39, 0.29) is 34.4 Å². The van der Waals surface area contributed by atoms with Crippen LogP contribution >= 0.6 is 11.6 Å². The molecule has 0 aliphatic rings. The summed E-state index contributed by atoms with van der Waals surface area (Å²) in [5.74, 6) is -1.16. The van der Waals surface area contributed by atoms with Gasteiger partial charge in [0.2, 0.25) is 5.91 Å². The predicted octanol–water partition coefficient (Wildman–Crippen LogP) is 1.50. The van der Waals surface area contributed by atoms with Gasteiger partial charge in [-0.3, -0.25) is 4.79 Å². The monoisotopic (exact) mass is 337 g/mol. The van der Waals surface area contributed by atoms with Crippen LogP contribution in [0.15, 0.2) is 16.7 Å². The van der Waals surface area contributed by atoms with Crippen molar-refractivity contribution in [1.29, 1.82) is 0 Å². The number of aromatic carboxylic acids is 1. The standard InChI is InChI=1S/C15H15ClN2O5/c1-7-9(8(2)23-18-7)5-14(19)17-12-6-13(22-3)10(15(20)21)4-11(12)16/h4,6H,5H2,1-3H3,(H,17,19)(H,20,21)/p-1. The van der Waals surface area contributed by atoms with Crippen LogP contribution in [0.2, 0.25) is 5.02 Å².